The topological polar surface area (TPSA) is 89.7 Å². The van der Waals surface area contributed by atoms with Gasteiger partial charge in [-0.2, -0.15) is 13.2 Å². The molecule has 5 N–H and O–H groups in total. The molecule has 2 saturated carbocycles. The normalized spacial score (nSPS) is 38.7. The van der Waals surface area contributed by atoms with E-state index < -0.39 is 44.1 Å². The molecule has 8 nitrogen and oxygen atoms in total. The van der Waals surface area contributed by atoms with Crippen molar-refractivity contribution in [3.63, 3.8) is 0 Å². The monoisotopic (exact) mass is 526 g/mol. The van der Waals surface area contributed by atoms with Gasteiger partial charge < -0.3 is 10.1 Å². The number of hydrogen-bond donors (Lipinski definition) is 5. The highest BCUT2D eigenvalue weighted by molar-refractivity contribution is 5.79. The average Bonchev–Trinajstić information content (AvgIpc) is 3.31. The van der Waals surface area contributed by atoms with E-state index >= 15 is 0 Å². The summed E-state index contributed by atoms with van der Waals surface area (Å²) in [5.41, 5.74) is 0. The fourth-order valence-corrected chi connectivity index (χ4v) is 5.58. The second kappa shape index (κ2) is 12.6. The molecule has 13 heteroatoms. The quantitative estimate of drug-likeness (QED) is 0.310. The molecule has 4 unspecified atom stereocenters. The fraction of sp³-hybridized carbons (Fsp3) is 0.957. The van der Waals surface area contributed by atoms with Crippen molar-refractivity contribution in [2.75, 3.05) is 26.2 Å². The molecule has 0 aromatic carbocycles. The van der Waals surface area contributed by atoms with Crippen LogP contribution in [0, 0.1) is 11.8 Å². The number of hydrogen-bond acceptors (Lipinski definition) is 7. The first-order valence-corrected chi connectivity index (χ1v) is 13.2. The first-order valence-electron chi connectivity index (χ1n) is 13.2. The lowest BCUT2D eigenvalue weighted by atomic mass is 9.87. The molecule has 0 radical (unpaired) electrons. The molecule has 4 rings (SSSR count). The van der Waals surface area contributed by atoms with Gasteiger partial charge in [-0.1, -0.05) is 0 Å². The zero-order valence-electron chi connectivity index (χ0n) is 20.5. The van der Waals surface area contributed by atoms with Crippen LogP contribution in [0.5, 0.6) is 0 Å². The highest BCUT2D eigenvalue weighted by Crippen LogP contribution is 2.27. The van der Waals surface area contributed by atoms with E-state index in [4.69, 9.17) is 4.74 Å². The Balaban J connectivity index is 1.28. The molecule has 2 heterocycles. The minimum atomic E-state index is -4.46. The van der Waals surface area contributed by atoms with Crippen molar-refractivity contribution in [1.29, 1.82) is 0 Å². The second-order valence-electron chi connectivity index (χ2n) is 10.6. The minimum absolute atomic E-state index is 0.0473. The Labute approximate surface area is 208 Å². The summed E-state index contributed by atoms with van der Waals surface area (Å²) in [6, 6.07) is -0.0871. The number of rotatable bonds is 8. The Morgan fingerprint density at radius 3 is 2.25 bits per heavy atom. The number of nitrogens with zero attached hydrogens (tertiary/aromatic N) is 1. The number of likely N-dealkylation sites (tertiary alicyclic amines) is 1. The van der Waals surface area contributed by atoms with Crippen molar-refractivity contribution in [2.45, 2.75) is 101 Å². The summed E-state index contributed by atoms with van der Waals surface area (Å²) in [6.45, 7) is 0.369. The number of nitrogens with one attached hydrogen (secondary N) is 5. The Bertz CT molecular complexity index is 703. The number of carbonyl (C=O) groups is 1. The average molecular weight is 527 g/mol. The standard InChI is InChI=1S/C23H39F5N6O2/c24-16-5-1-14(2-6-16)11-29-20-31-21(33-22(32-20)36-13-23(26,27)28)34-10-9-18(12-34)30-19(35)15-3-7-17(25)8-4-15/h14-18,20-22,29,31-33H,1-13H2,(H,30,35). The molecule has 0 spiro atoms. The van der Waals surface area contributed by atoms with Crippen molar-refractivity contribution in [3.8, 4) is 0 Å². The lowest BCUT2D eigenvalue weighted by molar-refractivity contribution is -0.201. The van der Waals surface area contributed by atoms with Crippen LogP contribution in [0.4, 0.5) is 22.0 Å². The van der Waals surface area contributed by atoms with Crippen molar-refractivity contribution in [1.82, 2.24) is 31.5 Å². The van der Waals surface area contributed by atoms with Crippen molar-refractivity contribution >= 4 is 5.91 Å². The zero-order chi connectivity index (χ0) is 25.7. The number of amides is 1. The van der Waals surface area contributed by atoms with Crippen molar-refractivity contribution in [2.24, 2.45) is 11.8 Å². The Kier molecular flexibility index (Phi) is 9.78. The van der Waals surface area contributed by atoms with Crippen LogP contribution in [0.25, 0.3) is 0 Å². The number of halogens is 5. The van der Waals surface area contributed by atoms with E-state index in [9.17, 15) is 26.7 Å². The third-order valence-electron chi connectivity index (χ3n) is 7.71. The van der Waals surface area contributed by atoms with Crippen LogP contribution in [0.3, 0.4) is 0 Å². The van der Waals surface area contributed by atoms with Crippen LogP contribution in [-0.4, -0.2) is 80.5 Å². The van der Waals surface area contributed by atoms with Gasteiger partial charge in [0.05, 0.1) is 0 Å². The summed E-state index contributed by atoms with van der Waals surface area (Å²) in [5.74, 6) is 0.0959. The second-order valence-corrected chi connectivity index (χ2v) is 10.6. The molecule has 2 aliphatic carbocycles. The molecular weight excluding hydrogens is 487 g/mol. The van der Waals surface area contributed by atoms with Gasteiger partial charge in [-0.05, 0) is 63.7 Å². The Morgan fingerprint density at radius 1 is 0.917 bits per heavy atom. The summed E-state index contributed by atoms with van der Waals surface area (Å²) in [5, 5.41) is 15.7. The van der Waals surface area contributed by atoms with Crippen LogP contribution in [-0.2, 0) is 9.53 Å². The molecule has 2 saturated heterocycles. The van der Waals surface area contributed by atoms with E-state index in [0.29, 0.717) is 70.5 Å². The van der Waals surface area contributed by atoms with Gasteiger partial charge in [0.1, 0.15) is 31.5 Å². The summed E-state index contributed by atoms with van der Waals surface area (Å²) in [4.78, 5) is 14.7. The zero-order valence-corrected chi connectivity index (χ0v) is 20.5. The van der Waals surface area contributed by atoms with Crippen LogP contribution in [0.1, 0.15) is 57.8 Å². The van der Waals surface area contributed by atoms with Crippen LogP contribution >= 0.6 is 0 Å². The maximum Gasteiger partial charge on any atom is 0.411 e. The van der Waals surface area contributed by atoms with E-state index in [2.05, 4.69) is 26.6 Å². The minimum Gasteiger partial charge on any atom is -0.352 e. The van der Waals surface area contributed by atoms with Gasteiger partial charge in [0.15, 0.2) is 6.35 Å². The largest absolute Gasteiger partial charge is 0.411 e. The third kappa shape index (κ3) is 8.45. The summed E-state index contributed by atoms with van der Waals surface area (Å²) >= 11 is 0. The van der Waals surface area contributed by atoms with Crippen molar-refractivity contribution < 1.29 is 31.5 Å². The molecule has 1 amide bonds. The van der Waals surface area contributed by atoms with E-state index in [-0.39, 0.29) is 17.9 Å². The molecular formula is C23H39F5N6O2. The van der Waals surface area contributed by atoms with Gasteiger partial charge in [0.25, 0.3) is 0 Å². The van der Waals surface area contributed by atoms with Gasteiger partial charge in [0.2, 0.25) is 5.91 Å². The molecule has 4 aliphatic rings. The van der Waals surface area contributed by atoms with E-state index in [0.717, 1.165) is 12.8 Å². The molecule has 4 atom stereocenters. The Hall–Kier alpha value is -1.12. The van der Waals surface area contributed by atoms with Crippen LogP contribution in [0.15, 0.2) is 0 Å². The van der Waals surface area contributed by atoms with E-state index in [1.54, 1.807) is 0 Å². The SMILES string of the molecule is O=C(NC1CCN(C2NC(NCC3CCC(F)CC3)NC(OCC(F)(F)F)N2)C1)C1CCC(F)CC1. The van der Waals surface area contributed by atoms with Gasteiger partial charge in [-0.15, -0.1) is 0 Å². The predicted molar refractivity (Wildman–Crippen MR) is 123 cm³/mol. The summed E-state index contributed by atoms with van der Waals surface area (Å²) < 4.78 is 70.2. The Morgan fingerprint density at radius 2 is 1.58 bits per heavy atom. The lowest BCUT2D eigenvalue weighted by Gasteiger charge is -2.42. The highest BCUT2D eigenvalue weighted by atomic mass is 19.4. The van der Waals surface area contributed by atoms with E-state index in [1.807, 2.05) is 4.90 Å². The van der Waals surface area contributed by atoms with Gasteiger partial charge in [-0.3, -0.25) is 31.0 Å². The predicted octanol–water partition coefficient (Wildman–Crippen LogP) is 2.04. The smallest absolute Gasteiger partial charge is 0.352 e. The molecule has 0 aromatic rings. The van der Waals surface area contributed by atoms with Crippen LogP contribution in [0.2, 0.25) is 0 Å². The first kappa shape index (κ1) is 27.9. The highest BCUT2D eigenvalue weighted by Gasteiger charge is 2.38. The van der Waals surface area contributed by atoms with E-state index in [1.165, 1.54) is 0 Å². The molecule has 0 bridgehead atoms. The molecule has 4 fully saturated rings. The van der Waals surface area contributed by atoms with Gasteiger partial charge >= 0.3 is 6.18 Å². The summed E-state index contributed by atoms with van der Waals surface area (Å²) in [6.07, 6.45) is -2.78. The number of alkyl halides is 5. The molecule has 2 aliphatic heterocycles. The molecule has 36 heavy (non-hydrogen) atoms. The fourth-order valence-electron chi connectivity index (χ4n) is 5.58. The van der Waals surface area contributed by atoms with Crippen LogP contribution < -0.4 is 26.6 Å². The molecule has 208 valence electrons. The third-order valence-corrected chi connectivity index (χ3v) is 7.71. The number of carbonyl (C=O) groups excluding carboxylic acids is 1. The number of ether oxygens (including phenoxy) is 1. The maximum absolute atomic E-state index is 13.4. The molecule has 0 aromatic heterocycles. The van der Waals surface area contributed by atoms with Gasteiger partial charge in [0, 0.05) is 31.6 Å². The summed E-state index contributed by atoms with van der Waals surface area (Å²) in [7, 11) is 0. The first-order chi connectivity index (χ1) is 17.1. The van der Waals surface area contributed by atoms with Gasteiger partial charge in [-0.25, -0.2) is 8.78 Å². The van der Waals surface area contributed by atoms with Crippen molar-refractivity contribution in [3.05, 3.63) is 0 Å². The lowest BCUT2D eigenvalue weighted by Crippen LogP contribution is -2.75. The maximum atomic E-state index is 13.4.